The van der Waals surface area contributed by atoms with Gasteiger partial charge in [0.15, 0.2) is 0 Å². The molecule has 17 heavy (non-hydrogen) atoms. The van der Waals surface area contributed by atoms with Crippen LogP contribution in [0.3, 0.4) is 0 Å². The van der Waals surface area contributed by atoms with Crippen molar-refractivity contribution in [3.8, 4) is 6.07 Å². The van der Waals surface area contributed by atoms with E-state index in [1.165, 1.54) is 4.88 Å². The molecule has 86 valence electrons. The maximum Gasteiger partial charge on any atom is 0.0670 e. The third kappa shape index (κ3) is 2.99. The lowest BCUT2D eigenvalue weighted by Gasteiger charge is -2.08. The fourth-order valence-corrected chi connectivity index (χ4v) is 2.20. The van der Waals surface area contributed by atoms with Gasteiger partial charge in [0.2, 0.25) is 0 Å². The largest absolute Gasteiger partial charge is 0.398 e. The number of rotatable bonds is 4. The lowest BCUT2D eigenvalue weighted by molar-refractivity contribution is 1.18. The van der Waals surface area contributed by atoms with Crippen molar-refractivity contribution in [3.63, 3.8) is 0 Å². The van der Waals surface area contributed by atoms with Gasteiger partial charge in [-0.1, -0.05) is 6.07 Å². The molecule has 0 radical (unpaired) electrons. The molecule has 0 aliphatic rings. The number of nitriles is 1. The summed E-state index contributed by atoms with van der Waals surface area (Å²) < 4.78 is 0. The van der Waals surface area contributed by atoms with Crippen molar-refractivity contribution >= 4 is 22.7 Å². The van der Waals surface area contributed by atoms with Gasteiger partial charge in [-0.2, -0.15) is 5.26 Å². The monoisotopic (exact) mass is 243 g/mol. The van der Waals surface area contributed by atoms with E-state index < -0.39 is 0 Å². The zero-order valence-corrected chi connectivity index (χ0v) is 10.1. The second-order valence-electron chi connectivity index (χ2n) is 3.68. The van der Waals surface area contributed by atoms with E-state index >= 15 is 0 Å². The summed E-state index contributed by atoms with van der Waals surface area (Å²) in [5, 5.41) is 14.1. The number of nitrogens with two attached hydrogens (primary N) is 1. The first-order chi connectivity index (χ1) is 8.29. The van der Waals surface area contributed by atoms with Gasteiger partial charge in [0, 0.05) is 22.8 Å². The summed E-state index contributed by atoms with van der Waals surface area (Å²) in [6.45, 7) is 0.799. The van der Waals surface area contributed by atoms with E-state index in [0.717, 1.165) is 17.8 Å². The summed E-state index contributed by atoms with van der Waals surface area (Å²) >= 11 is 1.72. The van der Waals surface area contributed by atoms with E-state index in [1.54, 1.807) is 11.3 Å². The standard InChI is InChI=1S/C13H13N3S/c14-6-5-10-8-11(3-4-13(10)15)16-9-12-2-1-7-17-12/h1-4,7-8,16H,5,9,15H2. The predicted octanol–water partition coefficient (Wildman–Crippen LogP) is 3.01. The van der Waals surface area contributed by atoms with E-state index in [9.17, 15) is 0 Å². The second-order valence-corrected chi connectivity index (χ2v) is 4.71. The van der Waals surface area contributed by atoms with Gasteiger partial charge >= 0.3 is 0 Å². The van der Waals surface area contributed by atoms with Crippen molar-refractivity contribution in [1.82, 2.24) is 0 Å². The summed E-state index contributed by atoms with van der Waals surface area (Å²) in [7, 11) is 0. The normalized spacial score (nSPS) is 9.82. The number of anilines is 2. The Labute approximate surface area is 105 Å². The molecule has 1 heterocycles. The van der Waals surface area contributed by atoms with Crippen LogP contribution in [-0.2, 0) is 13.0 Å². The summed E-state index contributed by atoms with van der Waals surface area (Å²) in [6, 6.07) is 11.9. The van der Waals surface area contributed by atoms with Crippen molar-refractivity contribution in [2.24, 2.45) is 0 Å². The highest BCUT2D eigenvalue weighted by atomic mass is 32.1. The molecule has 0 spiro atoms. The van der Waals surface area contributed by atoms with Crippen LogP contribution in [0.2, 0.25) is 0 Å². The quantitative estimate of drug-likeness (QED) is 0.811. The molecule has 0 amide bonds. The minimum atomic E-state index is 0.348. The zero-order chi connectivity index (χ0) is 12.1. The lowest BCUT2D eigenvalue weighted by atomic mass is 10.1. The highest BCUT2D eigenvalue weighted by molar-refractivity contribution is 7.09. The van der Waals surface area contributed by atoms with Crippen molar-refractivity contribution < 1.29 is 0 Å². The minimum Gasteiger partial charge on any atom is -0.398 e. The highest BCUT2D eigenvalue weighted by Gasteiger charge is 2.01. The molecule has 0 aliphatic heterocycles. The topological polar surface area (TPSA) is 61.8 Å². The molecule has 0 atom stereocenters. The number of hydrogen-bond acceptors (Lipinski definition) is 4. The van der Waals surface area contributed by atoms with Gasteiger partial charge < -0.3 is 11.1 Å². The Morgan fingerprint density at radius 2 is 2.24 bits per heavy atom. The molecule has 0 saturated carbocycles. The maximum absolute atomic E-state index is 8.69. The van der Waals surface area contributed by atoms with Gasteiger partial charge in [-0.05, 0) is 35.2 Å². The summed E-state index contributed by atoms with van der Waals surface area (Å²) in [4.78, 5) is 1.28. The summed E-state index contributed by atoms with van der Waals surface area (Å²) in [5.41, 5.74) is 8.34. The Balaban J connectivity index is 2.06. The van der Waals surface area contributed by atoms with E-state index in [-0.39, 0.29) is 0 Å². The second kappa shape index (κ2) is 5.37. The number of nitrogens with one attached hydrogen (secondary N) is 1. The summed E-state index contributed by atoms with van der Waals surface area (Å²) in [6.07, 6.45) is 0.348. The number of benzene rings is 1. The average Bonchev–Trinajstić information content (AvgIpc) is 2.83. The third-order valence-corrected chi connectivity index (χ3v) is 3.34. The van der Waals surface area contributed by atoms with Gasteiger partial charge in [0.1, 0.15) is 0 Å². The molecule has 3 nitrogen and oxygen atoms in total. The molecule has 0 aliphatic carbocycles. The van der Waals surface area contributed by atoms with Crippen LogP contribution >= 0.6 is 11.3 Å². The molecule has 3 N–H and O–H groups in total. The number of hydrogen-bond donors (Lipinski definition) is 2. The smallest absolute Gasteiger partial charge is 0.0670 e. The van der Waals surface area contributed by atoms with Crippen LogP contribution in [0.4, 0.5) is 11.4 Å². The van der Waals surface area contributed by atoms with Crippen molar-refractivity contribution in [1.29, 1.82) is 5.26 Å². The van der Waals surface area contributed by atoms with Gasteiger partial charge in [-0.25, -0.2) is 0 Å². The molecule has 4 heteroatoms. The number of nitrogen functional groups attached to an aromatic ring is 1. The SMILES string of the molecule is N#CCc1cc(NCc2cccs2)ccc1N. The molecule has 2 aromatic rings. The first-order valence-corrected chi connectivity index (χ1v) is 6.19. The Bertz CT molecular complexity index is 526. The van der Waals surface area contributed by atoms with Crippen LogP contribution in [0.5, 0.6) is 0 Å². The molecule has 1 aromatic carbocycles. The van der Waals surface area contributed by atoms with E-state index in [0.29, 0.717) is 12.1 Å². The van der Waals surface area contributed by atoms with Gasteiger partial charge in [0.25, 0.3) is 0 Å². The Kier molecular flexibility index (Phi) is 3.63. The fraction of sp³-hybridized carbons (Fsp3) is 0.154. The molecule has 0 unspecified atom stereocenters. The Morgan fingerprint density at radius 1 is 1.35 bits per heavy atom. The van der Waals surface area contributed by atoms with Gasteiger partial charge in [0.05, 0.1) is 12.5 Å². The van der Waals surface area contributed by atoms with Gasteiger partial charge in [-0.3, -0.25) is 0 Å². The van der Waals surface area contributed by atoms with Crippen molar-refractivity contribution in [3.05, 3.63) is 46.2 Å². The van der Waals surface area contributed by atoms with Crippen molar-refractivity contribution in [2.75, 3.05) is 11.1 Å². The van der Waals surface area contributed by atoms with Crippen LogP contribution in [0.1, 0.15) is 10.4 Å². The predicted molar refractivity (Wildman–Crippen MR) is 71.8 cm³/mol. The fourth-order valence-electron chi connectivity index (χ4n) is 1.56. The van der Waals surface area contributed by atoms with E-state index in [1.807, 2.05) is 24.3 Å². The Hall–Kier alpha value is -1.99. The molecule has 0 bridgehead atoms. The first kappa shape index (κ1) is 11.5. The highest BCUT2D eigenvalue weighted by Crippen LogP contribution is 2.19. The van der Waals surface area contributed by atoms with Crippen molar-refractivity contribution in [2.45, 2.75) is 13.0 Å². The number of thiophene rings is 1. The van der Waals surface area contributed by atoms with E-state index in [4.69, 9.17) is 11.0 Å². The molecule has 0 fully saturated rings. The lowest BCUT2D eigenvalue weighted by Crippen LogP contribution is -2.00. The molecule has 2 rings (SSSR count). The van der Waals surface area contributed by atoms with Crippen LogP contribution in [0.15, 0.2) is 35.7 Å². The molecular formula is C13H13N3S. The first-order valence-electron chi connectivity index (χ1n) is 5.31. The van der Waals surface area contributed by atoms with Gasteiger partial charge in [-0.15, -0.1) is 11.3 Å². The van der Waals surface area contributed by atoms with Crippen LogP contribution in [-0.4, -0.2) is 0 Å². The van der Waals surface area contributed by atoms with Crippen LogP contribution in [0.25, 0.3) is 0 Å². The number of nitrogens with zero attached hydrogens (tertiary/aromatic N) is 1. The molecular weight excluding hydrogens is 230 g/mol. The molecule has 0 saturated heterocycles. The van der Waals surface area contributed by atoms with Crippen LogP contribution < -0.4 is 11.1 Å². The third-order valence-electron chi connectivity index (χ3n) is 2.46. The molecule has 1 aromatic heterocycles. The average molecular weight is 243 g/mol. The summed E-state index contributed by atoms with van der Waals surface area (Å²) in [5.74, 6) is 0. The minimum absolute atomic E-state index is 0.348. The van der Waals surface area contributed by atoms with Crippen LogP contribution in [0, 0.1) is 11.3 Å². The van der Waals surface area contributed by atoms with E-state index in [2.05, 4.69) is 22.8 Å². The Morgan fingerprint density at radius 3 is 2.94 bits per heavy atom. The maximum atomic E-state index is 8.69. The zero-order valence-electron chi connectivity index (χ0n) is 9.31.